The van der Waals surface area contributed by atoms with Crippen molar-refractivity contribution < 1.29 is 38.7 Å². The number of thiocarbonyl (C=S) groups is 1. The van der Waals surface area contributed by atoms with Crippen molar-refractivity contribution in [2.75, 3.05) is 6.54 Å². The van der Waals surface area contributed by atoms with Crippen LogP contribution in [-0.2, 0) is 16.0 Å². The average molecular weight is 534 g/mol. The molecule has 0 amide bonds. The quantitative estimate of drug-likeness (QED) is 0.250. The number of unbranched alkanes of at least 4 members (excludes halogenated alkanes) is 1. The number of quaternary nitrogens is 1. The summed E-state index contributed by atoms with van der Waals surface area (Å²) >= 11 is 7.60. The summed E-state index contributed by atoms with van der Waals surface area (Å²) in [7, 11) is 0. The molecule has 1 aromatic carbocycles. The summed E-state index contributed by atoms with van der Waals surface area (Å²) in [6.45, 7) is 0.803. The number of hydrogen-bond acceptors (Lipinski definition) is 4. The Bertz CT molecular complexity index is 642. The van der Waals surface area contributed by atoms with Crippen LogP contribution in [0.2, 0.25) is 0 Å². The molecule has 5 N–H and O–H groups in total. The number of alkyl halides is 3. The lowest BCUT2D eigenvalue weighted by molar-refractivity contribution is -0.409. The molecule has 0 aliphatic carbocycles. The van der Waals surface area contributed by atoms with Gasteiger partial charge in [-0.15, -0.1) is 0 Å². The molecule has 0 fully saturated rings. The van der Waals surface area contributed by atoms with Crippen LogP contribution in [0.3, 0.4) is 0 Å². The van der Waals surface area contributed by atoms with E-state index in [4.69, 9.17) is 27.2 Å². The predicted octanol–water partition coefficient (Wildman–Crippen LogP) is 1.30. The van der Waals surface area contributed by atoms with Gasteiger partial charge in [0.25, 0.3) is 0 Å². The van der Waals surface area contributed by atoms with E-state index < -0.39 is 24.2 Å². The molecule has 0 aliphatic rings. The third-order valence-corrected chi connectivity index (χ3v) is 4.50. The third kappa shape index (κ3) is 13.7. The van der Waals surface area contributed by atoms with Gasteiger partial charge in [-0.2, -0.15) is 13.2 Å². The lowest BCUT2D eigenvalue weighted by atomic mass is 10.1. The van der Waals surface area contributed by atoms with Crippen molar-refractivity contribution >= 4 is 51.7 Å². The zero-order valence-corrected chi connectivity index (χ0v) is 17.9. The first-order valence-corrected chi connectivity index (χ1v) is 9.77. The van der Waals surface area contributed by atoms with E-state index in [1.54, 1.807) is 0 Å². The Morgan fingerprint density at radius 2 is 1.79 bits per heavy atom. The molecule has 28 heavy (non-hydrogen) atoms. The molecule has 0 spiro atoms. The summed E-state index contributed by atoms with van der Waals surface area (Å²) < 4.78 is 32.8. The fourth-order valence-electron chi connectivity index (χ4n) is 1.86. The minimum Gasteiger partial charge on any atom is -0.542 e. The number of rotatable bonds is 9. The fraction of sp³-hybridized carbons (Fsp3) is 0.471. The Morgan fingerprint density at radius 3 is 2.25 bits per heavy atom. The second kappa shape index (κ2) is 13.7. The molecule has 11 heteroatoms. The maximum absolute atomic E-state index is 10.6. The topological polar surface area (TPSA) is 117 Å². The molecule has 0 saturated carbocycles. The highest BCUT2D eigenvalue weighted by molar-refractivity contribution is 14.1. The molecule has 0 aliphatic heterocycles. The van der Waals surface area contributed by atoms with Gasteiger partial charge in [0.2, 0.25) is 0 Å². The van der Waals surface area contributed by atoms with Gasteiger partial charge in [0.05, 0.1) is 4.99 Å². The number of carbonyl (C=O) groups is 2. The molecule has 1 aromatic rings. The molecular weight excluding hydrogens is 512 g/mol. The van der Waals surface area contributed by atoms with Crippen molar-refractivity contribution in [1.29, 1.82) is 0 Å². The standard InChI is InChI=1S/C15H21IN2O2S.C2HF3O2/c16-12-7-4-11(5-8-12)6-9-14(21)18-10-2-1-3-13(17)15(19)20;3-2(4,5)1(6)7/h4-5,7-8,13H,1-3,6,9-10,17H2,(H,18,21)(H,19,20);(H,6,7)/t13-;/m0./s1. The molecule has 0 radical (unpaired) electrons. The van der Waals surface area contributed by atoms with Crippen LogP contribution in [0, 0.1) is 3.57 Å². The lowest BCUT2D eigenvalue weighted by Crippen LogP contribution is -2.64. The van der Waals surface area contributed by atoms with E-state index in [9.17, 15) is 18.0 Å². The average Bonchev–Trinajstić information content (AvgIpc) is 2.60. The number of carbonyl (C=O) groups excluding carboxylic acids is 1. The number of halogens is 4. The molecule has 1 rings (SSSR count). The van der Waals surface area contributed by atoms with E-state index in [0.29, 0.717) is 6.42 Å². The Balaban J connectivity index is 0.000000887. The summed E-state index contributed by atoms with van der Waals surface area (Å²) in [6.07, 6.45) is -1.01. The Morgan fingerprint density at radius 1 is 1.25 bits per heavy atom. The van der Waals surface area contributed by atoms with Gasteiger partial charge >= 0.3 is 12.1 Å². The zero-order chi connectivity index (χ0) is 21.7. The minimum absolute atomic E-state index is 0.502. The Labute approximate surface area is 179 Å². The summed E-state index contributed by atoms with van der Waals surface area (Å²) in [4.78, 5) is 20.3. The van der Waals surface area contributed by atoms with Crippen molar-refractivity contribution in [3.8, 4) is 0 Å². The smallest absolute Gasteiger partial charge is 0.430 e. The van der Waals surface area contributed by atoms with Gasteiger partial charge in [0.15, 0.2) is 6.04 Å². The molecule has 6 nitrogen and oxygen atoms in total. The highest BCUT2D eigenvalue weighted by Crippen LogP contribution is 2.11. The van der Waals surface area contributed by atoms with E-state index >= 15 is 0 Å². The largest absolute Gasteiger partial charge is 0.542 e. The maximum Gasteiger partial charge on any atom is 0.430 e. The molecular formula is C17H22F3IN2O4S. The lowest BCUT2D eigenvalue weighted by Gasteiger charge is -2.08. The van der Waals surface area contributed by atoms with Gasteiger partial charge in [0.1, 0.15) is 5.97 Å². The van der Waals surface area contributed by atoms with Crippen molar-refractivity contribution in [3.05, 3.63) is 33.4 Å². The van der Waals surface area contributed by atoms with E-state index in [1.807, 2.05) is 0 Å². The highest BCUT2D eigenvalue weighted by atomic mass is 127. The summed E-state index contributed by atoms with van der Waals surface area (Å²) in [5, 5.41) is 20.7. The third-order valence-electron chi connectivity index (χ3n) is 3.44. The maximum atomic E-state index is 10.6. The first-order valence-electron chi connectivity index (χ1n) is 8.28. The molecule has 0 unspecified atom stereocenters. The van der Waals surface area contributed by atoms with Crippen LogP contribution in [0.1, 0.15) is 31.2 Å². The number of aryl methyl sites for hydroxylation is 1. The number of carboxylic acid groups (broad SMARTS) is 2. The van der Waals surface area contributed by atoms with Crippen molar-refractivity contribution in [1.82, 2.24) is 5.32 Å². The molecule has 0 aromatic heterocycles. The van der Waals surface area contributed by atoms with Crippen molar-refractivity contribution in [2.45, 2.75) is 44.3 Å². The summed E-state index contributed by atoms with van der Waals surface area (Å²) in [5.41, 5.74) is 4.89. The van der Waals surface area contributed by atoms with Gasteiger partial charge in [0, 0.05) is 23.0 Å². The first-order chi connectivity index (χ1) is 12.9. The molecule has 1 atom stereocenters. The van der Waals surface area contributed by atoms with E-state index in [1.165, 1.54) is 9.13 Å². The van der Waals surface area contributed by atoms with Crippen LogP contribution >= 0.6 is 34.8 Å². The number of carboxylic acids is 2. The summed E-state index contributed by atoms with van der Waals surface area (Å²) in [6, 6.07) is 7.96. The van der Waals surface area contributed by atoms with Gasteiger partial charge in [-0.1, -0.05) is 24.4 Å². The fourth-order valence-corrected chi connectivity index (χ4v) is 2.43. The summed E-state index contributed by atoms with van der Waals surface area (Å²) in [5.74, 6) is -3.83. The van der Waals surface area contributed by atoms with Crippen LogP contribution in [0.15, 0.2) is 24.3 Å². The highest BCUT2D eigenvalue weighted by Gasteiger charge is 2.28. The van der Waals surface area contributed by atoms with Crippen LogP contribution in [-0.4, -0.2) is 40.8 Å². The second-order valence-electron chi connectivity index (χ2n) is 5.79. The molecule has 158 valence electrons. The monoisotopic (exact) mass is 534 g/mol. The van der Waals surface area contributed by atoms with Crippen molar-refractivity contribution in [3.63, 3.8) is 0 Å². The van der Waals surface area contributed by atoms with Gasteiger partial charge in [-0.3, -0.25) is 0 Å². The number of hydrogen-bond donors (Lipinski definition) is 3. The van der Waals surface area contributed by atoms with Gasteiger partial charge < -0.3 is 26.1 Å². The van der Waals surface area contributed by atoms with Crippen molar-refractivity contribution in [2.24, 2.45) is 0 Å². The van der Waals surface area contributed by atoms with Crippen LogP contribution in [0.5, 0.6) is 0 Å². The van der Waals surface area contributed by atoms with Crippen LogP contribution in [0.25, 0.3) is 0 Å². The Hall–Kier alpha value is -1.47. The second-order valence-corrected chi connectivity index (χ2v) is 7.53. The van der Waals surface area contributed by atoms with E-state index in [0.717, 1.165) is 37.2 Å². The van der Waals surface area contributed by atoms with E-state index in [2.05, 4.69) is 57.9 Å². The minimum atomic E-state index is -5.19. The zero-order valence-electron chi connectivity index (χ0n) is 14.9. The first kappa shape index (κ1) is 26.5. The Kier molecular flexibility index (Phi) is 12.9. The number of aliphatic carboxylic acids is 2. The normalized spacial score (nSPS) is 11.8. The van der Waals surface area contributed by atoms with Gasteiger partial charge in [-0.25, -0.2) is 4.79 Å². The molecule has 0 bridgehead atoms. The van der Waals surface area contributed by atoms with Gasteiger partial charge in [-0.05, 0) is 59.5 Å². The molecule has 0 saturated heterocycles. The molecule has 0 heterocycles. The van der Waals surface area contributed by atoms with Crippen LogP contribution < -0.4 is 16.2 Å². The van der Waals surface area contributed by atoms with E-state index in [-0.39, 0.29) is 0 Å². The number of benzene rings is 1. The predicted molar refractivity (Wildman–Crippen MR) is 107 cm³/mol. The SMILES string of the molecule is O=C([O-])C(F)(F)F.[NH3+][C@@H](CCCCNC(=S)CCc1ccc(I)cc1)C(=O)O. The number of nitrogens with one attached hydrogen (secondary N) is 1. The van der Waals surface area contributed by atoms with Crippen LogP contribution in [0.4, 0.5) is 13.2 Å².